The number of nitrogens with one attached hydrogen (secondary N) is 1. The molecule has 1 N–H and O–H groups in total. The Balaban J connectivity index is 1.32. The molecule has 33 heavy (non-hydrogen) atoms. The Labute approximate surface area is 198 Å². The number of carbonyl (C=O) groups excluding carboxylic acids is 1. The minimum Gasteiger partial charge on any atom is -0.336 e. The maximum Gasteiger partial charge on any atom is 0.272 e. The summed E-state index contributed by atoms with van der Waals surface area (Å²) in [4.78, 5) is 18.3. The summed E-state index contributed by atoms with van der Waals surface area (Å²) in [6.07, 6.45) is 5.83. The Bertz CT molecular complexity index is 1340. The lowest BCUT2D eigenvalue weighted by Crippen LogP contribution is -2.50. The molecule has 2 heterocycles. The van der Waals surface area contributed by atoms with Crippen LogP contribution in [0, 0.1) is 4.77 Å². The molecule has 2 aromatic carbocycles. The number of aryl methyl sites for hydroxylation is 2. The Morgan fingerprint density at radius 3 is 2.33 bits per heavy atom. The molecule has 172 valence electrons. The summed E-state index contributed by atoms with van der Waals surface area (Å²) in [6.45, 7) is 1.19. The van der Waals surface area contributed by atoms with Crippen molar-refractivity contribution in [3.63, 3.8) is 0 Å². The van der Waals surface area contributed by atoms with Gasteiger partial charge in [-0.05, 0) is 73.3 Å². The van der Waals surface area contributed by atoms with Crippen LogP contribution in [0.2, 0.25) is 0 Å². The second-order valence-corrected chi connectivity index (χ2v) is 10.8. The zero-order valence-electron chi connectivity index (χ0n) is 18.2. The van der Waals surface area contributed by atoms with Gasteiger partial charge in [0, 0.05) is 38.1 Å². The van der Waals surface area contributed by atoms with E-state index in [-0.39, 0.29) is 19.0 Å². The zero-order valence-corrected chi connectivity index (χ0v) is 19.9. The predicted octanol–water partition coefficient (Wildman–Crippen LogP) is 3.56. The van der Waals surface area contributed by atoms with Crippen LogP contribution in [0.5, 0.6) is 0 Å². The van der Waals surface area contributed by atoms with Crippen molar-refractivity contribution in [1.82, 2.24) is 18.8 Å². The van der Waals surface area contributed by atoms with Crippen molar-refractivity contribution in [2.75, 3.05) is 26.2 Å². The van der Waals surface area contributed by atoms with Gasteiger partial charge in [0.05, 0.1) is 4.90 Å². The number of hydrogen-bond acceptors (Lipinski definition) is 4. The Morgan fingerprint density at radius 2 is 1.61 bits per heavy atom. The van der Waals surface area contributed by atoms with Gasteiger partial charge in [0.2, 0.25) is 10.0 Å². The summed E-state index contributed by atoms with van der Waals surface area (Å²) in [5.41, 5.74) is 3.65. The molecular formula is C24H26N4O3S2. The minimum atomic E-state index is -3.59. The Morgan fingerprint density at radius 1 is 0.909 bits per heavy atom. The maximum absolute atomic E-state index is 13.3. The zero-order chi connectivity index (χ0) is 23.0. The van der Waals surface area contributed by atoms with Crippen LogP contribution in [-0.4, -0.2) is 59.3 Å². The van der Waals surface area contributed by atoms with Gasteiger partial charge in [0.15, 0.2) is 4.77 Å². The first-order chi connectivity index (χ1) is 15.9. The average Bonchev–Trinajstić information content (AvgIpc) is 3.25. The van der Waals surface area contributed by atoms with E-state index >= 15 is 0 Å². The molecule has 2 aliphatic rings. The summed E-state index contributed by atoms with van der Waals surface area (Å²) in [7, 11) is -3.59. The largest absolute Gasteiger partial charge is 0.336 e. The van der Waals surface area contributed by atoms with Crippen LogP contribution in [0.25, 0.3) is 5.69 Å². The number of para-hydroxylation sites is 1. The fraction of sp³-hybridized carbons (Fsp3) is 0.333. The van der Waals surface area contributed by atoms with Crippen LogP contribution < -0.4 is 0 Å². The standard InChI is InChI=1S/C24H26N4O3S2/c29-23(22-17-25-24(32)28(22)20-8-2-1-3-9-20)26-12-14-27(15-13-26)33(30,31)21-11-10-18-6-4-5-7-19(18)16-21/h1-3,8-11,16-17H,4-7,12-15H2,(H,25,32). The molecule has 5 rings (SSSR count). The Kier molecular flexibility index (Phi) is 5.94. The maximum atomic E-state index is 13.3. The molecule has 0 unspecified atom stereocenters. The van der Waals surface area contributed by atoms with Crippen molar-refractivity contribution >= 4 is 28.1 Å². The van der Waals surface area contributed by atoms with Gasteiger partial charge >= 0.3 is 0 Å². The first-order valence-corrected chi connectivity index (χ1v) is 13.1. The van der Waals surface area contributed by atoms with E-state index in [9.17, 15) is 13.2 Å². The number of hydrogen-bond donors (Lipinski definition) is 1. The topological polar surface area (TPSA) is 78.4 Å². The molecule has 1 aliphatic heterocycles. The quantitative estimate of drug-likeness (QED) is 0.577. The number of benzene rings is 2. The third kappa shape index (κ3) is 4.16. The fourth-order valence-corrected chi connectivity index (χ4v) is 6.41. The van der Waals surface area contributed by atoms with Crippen LogP contribution in [-0.2, 0) is 22.9 Å². The molecule has 0 atom stereocenters. The molecular weight excluding hydrogens is 456 g/mol. The highest BCUT2D eigenvalue weighted by Gasteiger charge is 2.32. The number of rotatable bonds is 4. The summed E-state index contributed by atoms with van der Waals surface area (Å²) < 4.78 is 30.2. The number of sulfonamides is 1. The van der Waals surface area contributed by atoms with Crippen molar-refractivity contribution in [3.8, 4) is 5.69 Å². The molecule has 0 radical (unpaired) electrons. The molecule has 3 aromatic rings. The van der Waals surface area contributed by atoms with Gasteiger partial charge in [-0.25, -0.2) is 8.42 Å². The lowest BCUT2D eigenvalue weighted by Gasteiger charge is -2.34. The van der Waals surface area contributed by atoms with Gasteiger partial charge in [-0.1, -0.05) is 24.3 Å². The van der Waals surface area contributed by atoms with Gasteiger partial charge in [0.1, 0.15) is 5.69 Å². The monoisotopic (exact) mass is 482 g/mol. The van der Waals surface area contributed by atoms with Crippen molar-refractivity contribution in [1.29, 1.82) is 0 Å². The highest BCUT2D eigenvalue weighted by atomic mass is 32.2. The van der Waals surface area contributed by atoms with Crippen LogP contribution in [0.4, 0.5) is 0 Å². The van der Waals surface area contributed by atoms with Gasteiger partial charge in [-0.2, -0.15) is 4.31 Å². The number of piperazine rings is 1. The number of aromatic nitrogens is 2. The van der Waals surface area contributed by atoms with Crippen molar-refractivity contribution in [2.45, 2.75) is 30.6 Å². The molecule has 9 heteroatoms. The number of fused-ring (bicyclic) bond motifs is 1. The van der Waals surface area contributed by atoms with Crippen molar-refractivity contribution in [3.05, 3.63) is 76.3 Å². The van der Waals surface area contributed by atoms with Gasteiger partial charge < -0.3 is 9.88 Å². The average molecular weight is 483 g/mol. The molecule has 1 aliphatic carbocycles. The number of carbonyl (C=O) groups is 1. The molecule has 1 fully saturated rings. The van der Waals surface area contributed by atoms with Gasteiger partial charge in [0.25, 0.3) is 5.91 Å². The van der Waals surface area contributed by atoms with Crippen LogP contribution >= 0.6 is 12.2 Å². The van der Waals surface area contributed by atoms with Gasteiger partial charge in [-0.3, -0.25) is 9.36 Å². The molecule has 1 saturated heterocycles. The molecule has 0 bridgehead atoms. The summed E-state index contributed by atoms with van der Waals surface area (Å²) >= 11 is 5.39. The molecule has 7 nitrogen and oxygen atoms in total. The van der Waals surface area contributed by atoms with E-state index in [0.717, 1.165) is 36.9 Å². The van der Waals surface area contributed by atoms with Crippen molar-refractivity contribution < 1.29 is 13.2 Å². The molecule has 1 aromatic heterocycles. The molecule has 0 spiro atoms. The number of H-pyrrole nitrogens is 1. The second kappa shape index (κ2) is 8.89. The van der Waals surface area contributed by atoms with Crippen molar-refractivity contribution in [2.24, 2.45) is 0 Å². The normalized spacial score (nSPS) is 17.0. The fourth-order valence-electron chi connectivity index (χ4n) is 4.67. The number of aromatic amines is 1. The SMILES string of the molecule is O=C(c1c[nH]c(=S)n1-c1ccccc1)N1CCN(S(=O)(=O)c2ccc3c(c2)CCCC3)CC1. The first kappa shape index (κ1) is 22.1. The minimum absolute atomic E-state index is 0.169. The second-order valence-electron chi connectivity index (χ2n) is 8.48. The van der Waals surface area contributed by atoms with E-state index in [2.05, 4.69) is 4.98 Å². The smallest absolute Gasteiger partial charge is 0.272 e. The number of imidazole rings is 1. The van der Waals surface area contributed by atoms with E-state index in [0.29, 0.717) is 28.4 Å². The van der Waals surface area contributed by atoms with E-state index in [1.54, 1.807) is 21.7 Å². The first-order valence-electron chi connectivity index (χ1n) is 11.2. The Hall–Kier alpha value is -2.75. The highest BCUT2D eigenvalue weighted by molar-refractivity contribution is 7.89. The van der Waals surface area contributed by atoms with Gasteiger partial charge in [-0.15, -0.1) is 0 Å². The number of nitrogens with zero attached hydrogens (tertiary/aromatic N) is 3. The van der Waals surface area contributed by atoms with E-state index in [1.165, 1.54) is 9.87 Å². The summed E-state index contributed by atoms with van der Waals surface area (Å²) in [5, 5.41) is 0. The predicted molar refractivity (Wildman–Crippen MR) is 129 cm³/mol. The third-order valence-electron chi connectivity index (χ3n) is 6.49. The lowest BCUT2D eigenvalue weighted by molar-refractivity contribution is 0.0689. The van der Waals surface area contributed by atoms with E-state index < -0.39 is 10.0 Å². The highest BCUT2D eigenvalue weighted by Crippen LogP contribution is 2.26. The summed E-state index contributed by atoms with van der Waals surface area (Å²) in [6, 6.07) is 15.0. The van der Waals surface area contributed by atoms with Crippen LogP contribution in [0.1, 0.15) is 34.5 Å². The van der Waals surface area contributed by atoms with E-state index in [1.807, 2.05) is 42.5 Å². The summed E-state index contributed by atoms with van der Waals surface area (Å²) in [5.74, 6) is -0.169. The van der Waals surface area contributed by atoms with Crippen LogP contribution in [0.15, 0.2) is 59.6 Å². The number of amides is 1. The molecule has 1 amide bonds. The lowest BCUT2D eigenvalue weighted by atomic mass is 9.92. The van der Waals surface area contributed by atoms with Crippen LogP contribution in [0.3, 0.4) is 0 Å². The molecule has 0 saturated carbocycles. The van der Waals surface area contributed by atoms with E-state index in [4.69, 9.17) is 12.2 Å². The third-order valence-corrected chi connectivity index (χ3v) is 8.69.